The van der Waals surface area contributed by atoms with Crippen molar-refractivity contribution in [2.45, 2.75) is 31.8 Å². The van der Waals surface area contributed by atoms with Crippen molar-refractivity contribution < 1.29 is 8.42 Å². The summed E-state index contributed by atoms with van der Waals surface area (Å²) in [6.07, 6.45) is 2.90. The van der Waals surface area contributed by atoms with Crippen LogP contribution in [0.25, 0.3) is 0 Å². The van der Waals surface area contributed by atoms with Crippen molar-refractivity contribution in [3.63, 3.8) is 0 Å². The van der Waals surface area contributed by atoms with E-state index in [1.807, 2.05) is 18.2 Å². The van der Waals surface area contributed by atoms with Crippen LogP contribution in [0.1, 0.15) is 25.0 Å². The predicted molar refractivity (Wildman–Crippen MR) is 75.6 cm³/mol. The molecule has 19 heavy (non-hydrogen) atoms. The minimum absolute atomic E-state index is 0.239. The zero-order valence-electron chi connectivity index (χ0n) is 10.5. The fraction of sp³-hybridized carbons (Fsp3) is 0.583. The van der Waals surface area contributed by atoms with Gasteiger partial charge in [0.25, 0.3) is 10.2 Å². The molecule has 0 radical (unpaired) electrons. The highest BCUT2D eigenvalue weighted by atomic mass is 79.9. The van der Waals surface area contributed by atoms with E-state index in [0.29, 0.717) is 19.6 Å². The van der Waals surface area contributed by atoms with E-state index in [2.05, 4.69) is 20.9 Å². The summed E-state index contributed by atoms with van der Waals surface area (Å²) in [6.45, 7) is 1.60. The van der Waals surface area contributed by atoms with Crippen LogP contribution in [0.15, 0.2) is 22.8 Å². The first-order valence-corrected chi connectivity index (χ1v) is 8.65. The zero-order chi connectivity index (χ0) is 13.5. The second-order valence-corrected chi connectivity index (χ2v) is 7.68. The quantitative estimate of drug-likeness (QED) is 0.784. The molecule has 1 saturated heterocycles. The average Bonchev–Trinajstić information content (AvgIpc) is 3.16. The fourth-order valence-electron chi connectivity index (χ4n) is 2.40. The van der Waals surface area contributed by atoms with Crippen molar-refractivity contribution in [2.24, 2.45) is 0 Å². The van der Waals surface area contributed by atoms with Gasteiger partial charge in [0.05, 0.1) is 12.2 Å². The maximum Gasteiger partial charge on any atom is 0.282 e. The smallest absolute Gasteiger partial charge is 0.245 e. The minimum atomic E-state index is -3.30. The highest BCUT2D eigenvalue weighted by Gasteiger charge is 2.42. The molecule has 2 fully saturated rings. The van der Waals surface area contributed by atoms with Crippen molar-refractivity contribution in [2.75, 3.05) is 13.1 Å². The van der Waals surface area contributed by atoms with Crippen molar-refractivity contribution in [3.05, 3.63) is 28.5 Å². The molecule has 0 spiro atoms. The van der Waals surface area contributed by atoms with Gasteiger partial charge in [0.15, 0.2) is 0 Å². The van der Waals surface area contributed by atoms with Gasteiger partial charge in [-0.2, -0.15) is 17.0 Å². The van der Waals surface area contributed by atoms with Gasteiger partial charge in [0.1, 0.15) is 4.60 Å². The van der Waals surface area contributed by atoms with Gasteiger partial charge in [-0.25, -0.2) is 4.98 Å². The van der Waals surface area contributed by atoms with E-state index >= 15 is 0 Å². The molecule has 0 amide bonds. The molecule has 1 aromatic rings. The SMILES string of the molecule is O=S1(=O)N(Cc2cccc(Br)n2)CCCN1C1CC1. The van der Waals surface area contributed by atoms with Gasteiger partial charge in [0, 0.05) is 19.1 Å². The van der Waals surface area contributed by atoms with Gasteiger partial charge in [-0.15, -0.1) is 0 Å². The summed E-state index contributed by atoms with van der Waals surface area (Å²) in [4.78, 5) is 4.31. The van der Waals surface area contributed by atoms with E-state index in [-0.39, 0.29) is 6.04 Å². The molecular weight excluding hydrogens is 330 g/mol. The molecular formula is C12H16BrN3O2S. The first kappa shape index (κ1) is 13.5. The average molecular weight is 346 g/mol. The molecule has 1 aromatic heterocycles. The van der Waals surface area contributed by atoms with Gasteiger partial charge >= 0.3 is 0 Å². The van der Waals surface area contributed by atoms with Crippen LogP contribution in [-0.2, 0) is 16.8 Å². The van der Waals surface area contributed by atoms with Crippen LogP contribution in [0.2, 0.25) is 0 Å². The van der Waals surface area contributed by atoms with E-state index in [9.17, 15) is 8.42 Å². The molecule has 0 atom stereocenters. The Labute approximate surface area is 121 Å². The van der Waals surface area contributed by atoms with Crippen LogP contribution >= 0.6 is 15.9 Å². The maximum atomic E-state index is 12.5. The van der Waals surface area contributed by atoms with Gasteiger partial charge in [-0.05, 0) is 47.3 Å². The second-order valence-electron chi connectivity index (χ2n) is 4.99. The Morgan fingerprint density at radius 3 is 2.79 bits per heavy atom. The summed E-state index contributed by atoms with van der Waals surface area (Å²) >= 11 is 3.31. The molecule has 1 aliphatic carbocycles. The summed E-state index contributed by atoms with van der Waals surface area (Å²) in [5, 5.41) is 0. The van der Waals surface area contributed by atoms with E-state index in [1.54, 1.807) is 8.61 Å². The number of aromatic nitrogens is 1. The first-order chi connectivity index (χ1) is 9.07. The molecule has 1 saturated carbocycles. The second kappa shape index (κ2) is 5.12. The normalized spacial score (nSPS) is 24.5. The molecule has 2 heterocycles. The molecule has 104 valence electrons. The Bertz CT molecular complexity index is 574. The Balaban J connectivity index is 1.80. The summed E-state index contributed by atoms with van der Waals surface area (Å²) in [7, 11) is -3.30. The lowest BCUT2D eigenvalue weighted by Gasteiger charge is -2.34. The number of hydrogen-bond acceptors (Lipinski definition) is 3. The minimum Gasteiger partial charge on any atom is -0.245 e. The van der Waals surface area contributed by atoms with Crippen molar-refractivity contribution in [3.8, 4) is 0 Å². The number of halogens is 1. The first-order valence-electron chi connectivity index (χ1n) is 6.46. The lowest BCUT2D eigenvalue weighted by Crippen LogP contribution is -2.50. The van der Waals surface area contributed by atoms with Crippen molar-refractivity contribution >= 4 is 26.1 Å². The summed E-state index contributed by atoms with van der Waals surface area (Å²) in [5.74, 6) is 0. The predicted octanol–water partition coefficient (Wildman–Crippen LogP) is 1.76. The molecule has 5 nitrogen and oxygen atoms in total. The summed E-state index contributed by atoms with van der Waals surface area (Å²) in [5.41, 5.74) is 0.774. The highest BCUT2D eigenvalue weighted by Crippen LogP contribution is 2.33. The third kappa shape index (κ3) is 2.84. The van der Waals surface area contributed by atoms with Gasteiger partial charge < -0.3 is 0 Å². The molecule has 0 N–H and O–H groups in total. The largest absolute Gasteiger partial charge is 0.282 e. The van der Waals surface area contributed by atoms with Crippen molar-refractivity contribution in [1.29, 1.82) is 0 Å². The van der Waals surface area contributed by atoms with Crippen LogP contribution in [-0.4, -0.2) is 41.1 Å². The highest BCUT2D eigenvalue weighted by molar-refractivity contribution is 9.10. The Hall–Kier alpha value is -0.500. The van der Waals surface area contributed by atoms with Gasteiger partial charge in [-0.3, -0.25) is 0 Å². The molecule has 0 bridgehead atoms. The molecule has 3 rings (SSSR count). The van der Waals surface area contributed by atoms with Crippen LogP contribution in [0.4, 0.5) is 0 Å². The van der Waals surface area contributed by atoms with Gasteiger partial charge in [-0.1, -0.05) is 6.07 Å². The van der Waals surface area contributed by atoms with Crippen molar-refractivity contribution in [1.82, 2.24) is 13.6 Å². The van der Waals surface area contributed by atoms with Crippen LogP contribution in [0.3, 0.4) is 0 Å². The fourth-order valence-corrected chi connectivity index (χ4v) is 4.67. The number of nitrogens with zero attached hydrogens (tertiary/aromatic N) is 3. The zero-order valence-corrected chi connectivity index (χ0v) is 12.9. The third-order valence-electron chi connectivity index (χ3n) is 3.47. The summed E-state index contributed by atoms with van der Waals surface area (Å²) in [6, 6.07) is 5.81. The molecule has 0 aromatic carbocycles. The summed E-state index contributed by atoms with van der Waals surface area (Å²) < 4.78 is 28.9. The molecule has 1 aliphatic heterocycles. The number of rotatable bonds is 3. The lowest BCUT2D eigenvalue weighted by molar-refractivity contribution is 0.273. The monoisotopic (exact) mass is 345 g/mol. The van der Waals surface area contributed by atoms with Crippen LogP contribution < -0.4 is 0 Å². The topological polar surface area (TPSA) is 53.5 Å². The maximum absolute atomic E-state index is 12.5. The van der Waals surface area contributed by atoms with E-state index in [0.717, 1.165) is 29.6 Å². The molecule has 0 unspecified atom stereocenters. The Morgan fingerprint density at radius 1 is 1.32 bits per heavy atom. The molecule has 7 heteroatoms. The van der Waals surface area contributed by atoms with E-state index in [4.69, 9.17) is 0 Å². The van der Waals surface area contributed by atoms with Gasteiger partial charge in [0.2, 0.25) is 0 Å². The Morgan fingerprint density at radius 2 is 2.11 bits per heavy atom. The third-order valence-corrected chi connectivity index (χ3v) is 5.95. The standard InChI is InChI=1S/C12H16BrN3O2S/c13-12-4-1-3-10(14-12)9-15-7-2-8-16(11-5-6-11)19(15,17)18/h1,3-4,11H,2,5-9H2. The number of pyridine rings is 1. The molecule has 2 aliphatic rings. The van der Waals surface area contributed by atoms with Crippen LogP contribution in [0, 0.1) is 0 Å². The Kier molecular flexibility index (Phi) is 3.63. The lowest BCUT2D eigenvalue weighted by atomic mass is 10.3. The number of hydrogen-bond donors (Lipinski definition) is 0. The van der Waals surface area contributed by atoms with Crippen LogP contribution in [0.5, 0.6) is 0 Å². The van der Waals surface area contributed by atoms with E-state index in [1.165, 1.54) is 0 Å². The van der Waals surface area contributed by atoms with E-state index < -0.39 is 10.2 Å².